The predicted octanol–water partition coefficient (Wildman–Crippen LogP) is 3.36. The molecule has 1 fully saturated rings. The van der Waals surface area contributed by atoms with E-state index in [9.17, 15) is 53.4 Å². The number of nitrogens with zero attached hydrogens (tertiary/aromatic N) is 4. The van der Waals surface area contributed by atoms with Crippen LogP contribution in [0.1, 0.15) is 142 Å². The Balaban J connectivity index is 1.29. The van der Waals surface area contributed by atoms with Gasteiger partial charge in [0.25, 0.3) is 0 Å². The zero-order valence-electron chi connectivity index (χ0n) is 65.5. The Hall–Kier alpha value is -10.7. The van der Waals surface area contributed by atoms with Gasteiger partial charge >= 0.3 is 0 Å². The van der Waals surface area contributed by atoms with Crippen molar-refractivity contribution >= 4 is 99.1 Å². The molecule has 4 aromatic carbocycles. The molecule has 608 valence electrons. The first-order chi connectivity index (χ1) is 53.7. The zero-order valence-corrected chi connectivity index (χ0v) is 66.3. The fraction of sp³-hybridized carbons (Fsp3) is 0.506. The monoisotopic (exact) mass is 1570 g/mol. The molecule has 1 aliphatic rings. The maximum absolute atomic E-state index is 15.3. The fourth-order valence-electron chi connectivity index (χ4n) is 13.0. The lowest BCUT2D eigenvalue weighted by molar-refractivity contribution is -0.142. The van der Waals surface area contributed by atoms with E-state index in [2.05, 4.69) is 78.8 Å². The lowest BCUT2D eigenvalue weighted by atomic mass is 9.90. The Kier molecular flexibility index (Phi) is 38.2. The van der Waals surface area contributed by atoms with E-state index in [1.54, 1.807) is 36.4 Å². The number of rotatable bonds is 45. The third-order valence-corrected chi connectivity index (χ3v) is 19.1. The number of Topliss-reactive ketones (excluding diaryl/α,β-unsaturated/α-hetero) is 1. The molecule has 112 heavy (non-hydrogen) atoms. The number of guanidine groups is 2. The van der Waals surface area contributed by atoms with E-state index in [1.165, 1.54) is 55.4 Å². The highest BCUT2D eigenvalue weighted by Crippen LogP contribution is 2.24. The summed E-state index contributed by atoms with van der Waals surface area (Å²) in [7, 11) is 0. The van der Waals surface area contributed by atoms with E-state index in [1.807, 2.05) is 84.0 Å². The Labute approximate surface area is 660 Å². The molecule has 30 nitrogen and oxygen atoms in total. The third-order valence-electron chi connectivity index (χ3n) is 18.8. The number of fused-ring (bicyclic) bond motifs is 1. The standard InChI is InChI=1S/C81H114ClN17O13/c1-9-85-80(86-10-2)89-38-17-15-24-59(72(105)95-64(41-50(5)6)73(106)93-62(25-16-18-39-90-81(87-11-3)88-12-4)79(112)99-40-20-26-69(99)78(111)91-51(7)71(83)104)47-70(103)63(43-54-30-35-61(102)36-31-54)94-77(110)68(49-100)98-76(109)67(46-56-21-19-37-84-48-56)97-75(108)66(44-53-28-33-60(82)34-29-53)96-74(107)65(92-52(8)101)45-55-27-32-57-22-13-14-23-58(57)42-55/h13-14,19,21-23,27-37,42,48,50-51,59,62-69,100,102H,9-12,15-18,20,24-26,38-41,43-47,49H2,1-8H3,(H2,83,104)(H,91,111)(H,92,101)(H,93,106)(H,94,110)(H,95,105)(H,96,107)(H,97,108)(H,98,109)(H2,85,86,89)(H2,87,88,90)/t51-,59+,62+,63-,64+,65-,66-,67-,68+,69?/m1/s1. The normalized spacial score (nSPS) is 14.8. The number of phenols is 1. The van der Waals surface area contributed by atoms with Crippen LogP contribution in [0.2, 0.25) is 5.02 Å². The highest BCUT2D eigenvalue weighted by molar-refractivity contribution is 6.30. The number of aromatic nitrogens is 1. The maximum Gasteiger partial charge on any atom is 0.245 e. The summed E-state index contributed by atoms with van der Waals surface area (Å²) in [5, 5.41) is 58.4. The number of aliphatic hydroxyl groups is 1. The van der Waals surface area contributed by atoms with E-state index in [0.29, 0.717) is 105 Å². The Morgan fingerprint density at radius 1 is 0.545 bits per heavy atom. The molecule has 6 rings (SSSR count). The van der Waals surface area contributed by atoms with Gasteiger partial charge in [0.1, 0.15) is 54.1 Å². The number of likely N-dealkylation sites (tertiary alicyclic amines) is 1. The van der Waals surface area contributed by atoms with Crippen molar-refractivity contribution in [3.63, 3.8) is 0 Å². The number of ketones is 1. The van der Waals surface area contributed by atoms with Crippen LogP contribution in [-0.2, 0) is 78.4 Å². The number of primary amides is 1. The van der Waals surface area contributed by atoms with Gasteiger partial charge in [-0.05, 0) is 162 Å². The van der Waals surface area contributed by atoms with Crippen molar-refractivity contribution in [3.8, 4) is 5.75 Å². The summed E-state index contributed by atoms with van der Waals surface area (Å²) >= 11 is 6.27. The van der Waals surface area contributed by atoms with Gasteiger partial charge in [-0.3, -0.25) is 67.7 Å². The molecule has 0 saturated carbocycles. The highest BCUT2D eigenvalue weighted by Gasteiger charge is 2.40. The number of aliphatic imine (C=N–C) groups is 2. The molecule has 0 aliphatic carbocycles. The molecule has 10 atom stereocenters. The number of unbranched alkanes of at least 4 members (excludes halogenated alkanes) is 2. The van der Waals surface area contributed by atoms with Crippen molar-refractivity contribution in [2.24, 2.45) is 27.6 Å². The molecule has 1 aliphatic heterocycles. The third kappa shape index (κ3) is 30.5. The number of nitrogens with two attached hydrogens (primary N) is 1. The van der Waals surface area contributed by atoms with Crippen LogP contribution in [0.4, 0.5) is 0 Å². The number of nitrogens with one attached hydrogen (secondary N) is 12. The van der Waals surface area contributed by atoms with Crippen LogP contribution < -0.4 is 69.5 Å². The minimum atomic E-state index is -1.79. The summed E-state index contributed by atoms with van der Waals surface area (Å²) in [5.74, 6) is -8.35. The van der Waals surface area contributed by atoms with Gasteiger partial charge in [-0.1, -0.05) is 105 Å². The Bertz CT molecular complexity index is 3970. The number of phenolic OH excluding ortho intramolecular Hbond substituents is 1. The van der Waals surface area contributed by atoms with Gasteiger partial charge in [-0.25, -0.2) is 0 Å². The number of hydrogen-bond acceptors (Lipinski definition) is 16. The number of aliphatic hydroxyl groups excluding tert-OH is 1. The number of benzene rings is 4. The molecule has 5 aromatic rings. The topological polar surface area (TPSA) is 439 Å². The number of hydrogen-bond donors (Lipinski definition) is 15. The number of pyridine rings is 1. The molecule has 0 bridgehead atoms. The van der Waals surface area contributed by atoms with Crippen LogP contribution in [0.15, 0.2) is 126 Å². The maximum atomic E-state index is 15.3. The van der Waals surface area contributed by atoms with Crippen LogP contribution in [-0.4, -0.2) is 204 Å². The van der Waals surface area contributed by atoms with Gasteiger partial charge in [0.15, 0.2) is 17.7 Å². The molecule has 10 amide bonds. The number of aromatic hydroxyl groups is 1. The van der Waals surface area contributed by atoms with Crippen LogP contribution >= 0.6 is 11.6 Å². The van der Waals surface area contributed by atoms with E-state index in [-0.39, 0.29) is 69.6 Å². The van der Waals surface area contributed by atoms with Crippen molar-refractivity contribution in [3.05, 3.63) is 143 Å². The first kappa shape index (κ1) is 90.1. The molecule has 1 aromatic heterocycles. The SMILES string of the molecule is CCNC(=NCCCC[C@@H](CC(=O)[C@@H](Cc1ccc(O)cc1)NC(=O)[C@H](CO)NC(=O)[C@@H](Cc1cccnc1)NC(=O)[C@@H](Cc1ccc(Cl)cc1)NC(=O)[C@@H](Cc1ccc2ccccc2c1)NC(C)=O)C(=O)N[C@@H](CC(C)C)C(=O)N[C@@H](CCCCN=C(NCC)NCC)C(=O)N1CCCC1C(=O)N[C@H](C)C(N)=O)NCC. The van der Waals surface area contributed by atoms with Gasteiger partial charge in [-0.2, -0.15) is 0 Å². The van der Waals surface area contributed by atoms with Gasteiger partial charge in [0.05, 0.1) is 12.6 Å². The van der Waals surface area contributed by atoms with Gasteiger partial charge in [-0.15, -0.1) is 0 Å². The largest absolute Gasteiger partial charge is 0.508 e. The molecule has 1 unspecified atom stereocenters. The second-order valence-corrected chi connectivity index (χ2v) is 28.8. The summed E-state index contributed by atoms with van der Waals surface area (Å²) in [6.07, 6.45) is 4.63. The lowest BCUT2D eigenvalue weighted by Gasteiger charge is -2.31. The molecule has 2 heterocycles. The number of carbonyl (C=O) groups excluding carboxylic acids is 11. The zero-order chi connectivity index (χ0) is 81.7. The number of carbonyl (C=O) groups is 11. The number of halogens is 1. The smallest absolute Gasteiger partial charge is 0.245 e. The minimum absolute atomic E-state index is 0.0414. The van der Waals surface area contributed by atoms with Gasteiger partial charge in [0.2, 0.25) is 59.1 Å². The van der Waals surface area contributed by atoms with E-state index in [0.717, 1.165) is 16.3 Å². The molecular formula is C81H114ClN17O13. The first-order valence-corrected chi connectivity index (χ1v) is 39.2. The van der Waals surface area contributed by atoms with Gasteiger partial charge in [0, 0.05) is 102 Å². The molecule has 16 N–H and O–H groups in total. The first-order valence-electron chi connectivity index (χ1n) is 38.8. The van der Waals surface area contributed by atoms with Crippen molar-refractivity contribution in [2.75, 3.05) is 52.4 Å². The number of amides is 10. The van der Waals surface area contributed by atoms with Crippen LogP contribution in [0.3, 0.4) is 0 Å². The van der Waals surface area contributed by atoms with E-state index >= 15 is 9.59 Å². The minimum Gasteiger partial charge on any atom is -0.508 e. The van der Waals surface area contributed by atoms with Gasteiger partial charge < -0.3 is 84.6 Å². The molecule has 31 heteroatoms. The van der Waals surface area contributed by atoms with Crippen molar-refractivity contribution < 1.29 is 63.0 Å². The molecular weight excluding hydrogens is 1450 g/mol. The van der Waals surface area contributed by atoms with Crippen LogP contribution in [0, 0.1) is 11.8 Å². The quantitative estimate of drug-likeness (QED) is 0.0151. The second kappa shape index (κ2) is 47.5. The lowest BCUT2D eigenvalue weighted by Crippen LogP contribution is -2.60. The average molecular weight is 1570 g/mol. The van der Waals surface area contributed by atoms with Crippen LogP contribution in [0.25, 0.3) is 10.8 Å². The summed E-state index contributed by atoms with van der Waals surface area (Å²) in [6, 6.07) is 17.1. The average Bonchev–Trinajstić information content (AvgIpc) is 1.57. The molecule has 0 radical (unpaired) electrons. The second-order valence-electron chi connectivity index (χ2n) is 28.3. The predicted molar refractivity (Wildman–Crippen MR) is 430 cm³/mol. The highest BCUT2D eigenvalue weighted by atomic mass is 35.5. The summed E-state index contributed by atoms with van der Waals surface area (Å²) < 4.78 is 0. The molecule has 1 saturated heterocycles. The van der Waals surface area contributed by atoms with Crippen molar-refractivity contribution in [1.82, 2.24) is 73.7 Å². The summed E-state index contributed by atoms with van der Waals surface area (Å²) in [5.41, 5.74) is 7.67. The summed E-state index contributed by atoms with van der Waals surface area (Å²) in [6.45, 7) is 16.4. The fourth-order valence-corrected chi connectivity index (χ4v) is 13.1. The van der Waals surface area contributed by atoms with Crippen LogP contribution in [0.5, 0.6) is 5.75 Å². The van der Waals surface area contributed by atoms with E-state index < -0.39 is 138 Å². The Morgan fingerprint density at radius 2 is 1.04 bits per heavy atom. The van der Waals surface area contributed by atoms with E-state index in [4.69, 9.17) is 17.3 Å². The molecule has 0 spiro atoms. The van der Waals surface area contributed by atoms with Crippen molar-refractivity contribution in [1.29, 1.82) is 0 Å². The summed E-state index contributed by atoms with van der Waals surface area (Å²) in [4.78, 5) is 173. The van der Waals surface area contributed by atoms with Crippen molar-refractivity contribution in [2.45, 2.75) is 200 Å². The Morgan fingerprint density at radius 3 is 1.59 bits per heavy atom.